The van der Waals surface area contributed by atoms with Crippen LogP contribution in [0.25, 0.3) is 0 Å². The van der Waals surface area contributed by atoms with Gasteiger partial charge in [-0.2, -0.15) is 0 Å². The fourth-order valence-corrected chi connectivity index (χ4v) is 3.48. The third-order valence-corrected chi connectivity index (χ3v) is 4.89. The van der Waals surface area contributed by atoms with Crippen molar-refractivity contribution in [3.8, 4) is 11.5 Å². The summed E-state index contributed by atoms with van der Waals surface area (Å²) in [6.45, 7) is 0.380. The van der Waals surface area contributed by atoms with E-state index in [4.69, 9.17) is 11.6 Å². The highest BCUT2D eigenvalue weighted by Gasteiger charge is 2.33. The van der Waals surface area contributed by atoms with Crippen LogP contribution in [0.1, 0.15) is 27.7 Å². The van der Waals surface area contributed by atoms with Gasteiger partial charge < -0.3 is 20.4 Å². The topological polar surface area (TPSA) is 72.8 Å². The zero-order valence-corrected chi connectivity index (χ0v) is 15.0. The lowest BCUT2D eigenvalue weighted by molar-refractivity contribution is 0.0666. The first-order valence-electron chi connectivity index (χ1n) is 8.46. The van der Waals surface area contributed by atoms with Crippen LogP contribution in [0, 0.1) is 0 Å². The molecule has 3 aromatic carbocycles. The van der Waals surface area contributed by atoms with Crippen LogP contribution in [0.3, 0.4) is 0 Å². The number of carbonyl (C=O) groups is 1. The summed E-state index contributed by atoms with van der Waals surface area (Å²) in [4.78, 5) is 14.9. The van der Waals surface area contributed by atoms with E-state index in [1.807, 2.05) is 48.5 Å². The minimum absolute atomic E-state index is 0.0257. The first-order chi connectivity index (χ1) is 13.0. The molecule has 1 amide bonds. The van der Waals surface area contributed by atoms with E-state index in [1.165, 1.54) is 6.07 Å². The van der Waals surface area contributed by atoms with Crippen molar-refractivity contribution < 1.29 is 15.0 Å². The van der Waals surface area contributed by atoms with Crippen LogP contribution in [0.15, 0.2) is 66.7 Å². The summed E-state index contributed by atoms with van der Waals surface area (Å²) < 4.78 is 0. The quantitative estimate of drug-likeness (QED) is 0.584. The summed E-state index contributed by atoms with van der Waals surface area (Å²) in [7, 11) is 0. The maximum Gasteiger partial charge on any atom is 0.258 e. The number of carbonyl (C=O) groups excluding carboxylic acids is 1. The van der Waals surface area contributed by atoms with Crippen LogP contribution in [0.4, 0.5) is 5.69 Å². The molecule has 0 aliphatic carbocycles. The second-order valence-electron chi connectivity index (χ2n) is 6.38. The number of hydrogen-bond donors (Lipinski definition) is 3. The Balaban J connectivity index is 1.80. The number of para-hydroxylation sites is 1. The fraction of sp³-hybridized carbons (Fsp3) is 0.0952. The van der Waals surface area contributed by atoms with Crippen LogP contribution in [0.5, 0.6) is 11.5 Å². The molecule has 6 heteroatoms. The Bertz CT molecular complexity index is 984. The molecule has 27 heavy (non-hydrogen) atoms. The summed E-state index contributed by atoms with van der Waals surface area (Å²) in [5, 5.41) is 23.1. The number of aromatic hydroxyl groups is 2. The van der Waals surface area contributed by atoms with Gasteiger partial charge in [0.15, 0.2) is 11.5 Å². The molecule has 0 bridgehead atoms. The van der Waals surface area contributed by atoms with Crippen LogP contribution in [0.2, 0.25) is 5.02 Å². The van der Waals surface area contributed by atoms with Gasteiger partial charge >= 0.3 is 0 Å². The molecule has 0 radical (unpaired) electrons. The van der Waals surface area contributed by atoms with Gasteiger partial charge in [-0.25, -0.2) is 0 Å². The molecule has 3 aromatic rings. The van der Waals surface area contributed by atoms with Gasteiger partial charge in [0.2, 0.25) is 0 Å². The molecule has 4 rings (SSSR count). The lowest BCUT2D eigenvalue weighted by Gasteiger charge is -2.38. The number of halogens is 1. The molecule has 0 unspecified atom stereocenters. The summed E-state index contributed by atoms with van der Waals surface area (Å²) >= 11 is 6.04. The molecule has 0 fully saturated rings. The number of amides is 1. The van der Waals surface area contributed by atoms with Gasteiger partial charge in [0.05, 0.1) is 10.6 Å². The van der Waals surface area contributed by atoms with E-state index >= 15 is 0 Å². The van der Waals surface area contributed by atoms with E-state index in [0.29, 0.717) is 23.4 Å². The van der Waals surface area contributed by atoms with Gasteiger partial charge in [-0.15, -0.1) is 0 Å². The van der Waals surface area contributed by atoms with Gasteiger partial charge in [-0.3, -0.25) is 4.79 Å². The monoisotopic (exact) mass is 380 g/mol. The molecule has 5 nitrogen and oxygen atoms in total. The number of nitrogens with zero attached hydrogens (tertiary/aromatic N) is 1. The minimum atomic E-state index is -0.545. The normalized spacial score (nSPS) is 16.0. The van der Waals surface area contributed by atoms with E-state index in [2.05, 4.69) is 5.32 Å². The maximum absolute atomic E-state index is 13.2. The van der Waals surface area contributed by atoms with E-state index in [0.717, 1.165) is 5.56 Å². The summed E-state index contributed by atoms with van der Waals surface area (Å²) in [5.74, 6) is -0.829. The molecule has 0 saturated carbocycles. The van der Waals surface area contributed by atoms with E-state index in [9.17, 15) is 15.0 Å². The van der Waals surface area contributed by atoms with Crippen molar-refractivity contribution >= 4 is 23.2 Å². The first kappa shape index (κ1) is 17.2. The average Bonchev–Trinajstić information content (AvgIpc) is 2.68. The van der Waals surface area contributed by atoms with Crippen molar-refractivity contribution in [2.75, 3.05) is 5.32 Å². The SMILES string of the molecule is O=C1c2ccccc2N[C@H](c2cc(O)c(O)c(Cl)c2)N1Cc1ccccc1. The van der Waals surface area contributed by atoms with Gasteiger partial charge in [0.1, 0.15) is 6.17 Å². The fourth-order valence-electron chi connectivity index (χ4n) is 3.26. The molecule has 0 spiro atoms. The molecule has 1 aliphatic rings. The summed E-state index contributed by atoms with van der Waals surface area (Å²) in [6.07, 6.45) is -0.545. The van der Waals surface area contributed by atoms with Crippen molar-refractivity contribution in [1.29, 1.82) is 0 Å². The predicted molar refractivity (Wildman–Crippen MR) is 104 cm³/mol. The van der Waals surface area contributed by atoms with Gasteiger partial charge in [0.25, 0.3) is 5.91 Å². The van der Waals surface area contributed by atoms with Crippen molar-refractivity contribution in [2.45, 2.75) is 12.7 Å². The molecule has 3 N–H and O–H groups in total. The number of rotatable bonds is 3. The first-order valence-corrected chi connectivity index (χ1v) is 8.84. The highest BCUT2D eigenvalue weighted by Crippen LogP contribution is 2.40. The second-order valence-corrected chi connectivity index (χ2v) is 6.79. The Morgan fingerprint density at radius 1 is 1.00 bits per heavy atom. The number of anilines is 1. The van der Waals surface area contributed by atoms with Crippen molar-refractivity contribution in [1.82, 2.24) is 4.90 Å². The number of fused-ring (bicyclic) bond motifs is 1. The lowest BCUT2D eigenvalue weighted by Crippen LogP contribution is -2.42. The lowest BCUT2D eigenvalue weighted by atomic mass is 10.0. The Labute approximate surface area is 161 Å². The highest BCUT2D eigenvalue weighted by molar-refractivity contribution is 6.32. The minimum Gasteiger partial charge on any atom is -0.504 e. The zero-order valence-electron chi connectivity index (χ0n) is 14.3. The predicted octanol–water partition coefficient (Wildman–Crippen LogP) is 4.52. The molecule has 1 aliphatic heterocycles. The third kappa shape index (κ3) is 3.17. The van der Waals surface area contributed by atoms with Crippen LogP contribution in [-0.2, 0) is 6.54 Å². The summed E-state index contributed by atoms with van der Waals surface area (Å²) in [6, 6.07) is 19.9. The molecular weight excluding hydrogens is 364 g/mol. The molecule has 136 valence electrons. The van der Waals surface area contributed by atoms with Crippen LogP contribution < -0.4 is 5.32 Å². The number of hydrogen-bond acceptors (Lipinski definition) is 4. The number of benzene rings is 3. The van der Waals surface area contributed by atoms with Crippen molar-refractivity contribution in [2.24, 2.45) is 0 Å². The molecule has 0 saturated heterocycles. The van der Waals surface area contributed by atoms with E-state index in [-0.39, 0.29) is 22.4 Å². The van der Waals surface area contributed by atoms with Crippen LogP contribution >= 0.6 is 11.6 Å². The Kier molecular flexibility index (Phi) is 4.38. The Hall–Kier alpha value is -3.18. The van der Waals surface area contributed by atoms with E-state index in [1.54, 1.807) is 17.0 Å². The van der Waals surface area contributed by atoms with Crippen LogP contribution in [-0.4, -0.2) is 21.0 Å². The average molecular weight is 381 g/mol. The molecular formula is C21H17ClN2O3. The third-order valence-electron chi connectivity index (χ3n) is 4.60. The smallest absolute Gasteiger partial charge is 0.258 e. The van der Waals surface area contributed by atoms with Gasteiger partial charge in [-0.05, 0) is 29.8 Å². The van der Waals surface area contributed by atoms with Gasteiger partial charge in [0, 0.05) is 17.8 Å². The summed E-state index contributed by atoms with van der Waals surface area (Å²) in [5.41, 5.74) is 2.85. The van der Waals surface area contributed by atoms with Crippen molar-refractivity contribution in [3.63, 3.8) is 0 Å². The standard InChI is InChI=1S/C21H17ClN2O3/c22-16-10-14(11-18(25)19(16)26)20-23-17-9-5-4-8-15(17)21(27)24(20)12-13-6-2-1-3-7-13/h1-11,20,23,25-26H,12H2/t20-/m0/s1. The Morgan fingerprint density at radius 3 is 2.44 bits per heavy atom. The maximum atomic E-state index is 13.2. The second kappa shape index (κ2) is 6.85. The van der Waals surface area contributed by atoms with Crippen molar-refractivity contribution in [3.05, 3.63) is 88.4 Å². The molecule has 1 heterocycles. The van der Waals surface area contributed by atoms with Gasteiger partial charge in [-0.1, -0.05) is 54.1 Å². The number of phenolic OH excluding ortho intramolecular Hbond substituents is 2. The molecule has 0 aromatic heterocycles. The molecule has 1 atom stereocenters. The van der Waals surface area contributed by atoms with E-state index < -0.39 is 6.17 Å². The number of nitrogens with one attached hydrogen (secondary N) is 1. The number of phenols is 2. The Morgan fingerprint density at radius 2 is 1.70 bits per heavy atom. The zero-order chi connectivity index (χ0) is 19.0. The highest BCUT2D eigenvalue weighted by atomic mass is 35.5. The largest absolute Gasteiger partial charge is 0.504 e.